The zero-order valence-corrected chi connectivity index (χ0v) is 14.5. The fraction of sp³-hybridized carbons (Fsp3) is 0.941. The SMILES string of the molecule is CCNC(=NCC1(N(C)C)CCCC(C)C1)N1CCCC1. The molecule has 122 valence electrons. The number of likely N-dealkylation sites (tertiary alicyclic amines) is 1. The molecule has 21 heavy (non-hydrogen) atoms. The van der Waals surface area contributed by atoms with Crippen molar-refractivity contribution in [2.75, 3.05) is 40.3 Å². The molecular weight excluding hydrogens is 260 g/mol. The first-order chi connectivity index (χ1) is 10.1. The van der Waals surface area contributed by atoms with Crippen LogP contribution in [0.5, 0.6) is 0 Å². The number of nitrogens with one attached hydrogen (secondary N) is 1. The molecule has 0 amide bonds. The highest BCUT2D eigenvalue weighted by Crippen LogP contribution is 2.36. The molecule has 1 saturated heterocycles. The van der Waals surface area contributed by atoms with Crippen LogP contribution in [0.4, 0.5) is 0 Å². The molecular formula is C17H34N4. The highest BCUT2D eigenvalue weighted by molar-refractivity contribution is 5.80. The Hall–Kier alpha value is -0.770. The predicted octanol–water partition coefficient (Wildman–Crippen LogP) is 2.56. The van der Waals surface area contributed by atoms with Crippen LogP contribution in [0.25, 0.3) is 0 Å². The number of aliphatic imine (C=N–C) groups is 1. The maximum atomic E-state index is 5.04. The minimum Gasteiger partial charge on any atom is -0.357 e. The second-order valence-electron chi connectivity index (χ2n) is 7.18. The summed E-state index contributed by atoms with van der Waals surface area (Å²) in [4.78, 5) is 9.90. The van der Waals surface area contributed by atoms with E-state index in [9.17, 15) is 0 Å². The van der Waals surface area contributed by atoms with Gasteiger partial charge in [-0.3, -0.25) is 4.99 Å². The van der Waals surface area contributed by atoms with Crippen LogP contribution in [0.2, 0.25) is 0 Å². The lowest BCUT2D eigenvalue weighted by molar-refractivity contribution is 0.0843. The van der Waals surface area contributed by atoms with Crippen molar-refractivity contribution >= 4 is 5.96 Å². The van der Waals surface area contributed by atoms with Crippen LogP contribution in [0.15, 0.2) is 4.99 Å². The van der Waals surface area contributed by atoms with Crippen LogP contribution in [0.3, 0.4) is 0 Å². The van der Waals surface area contributed by atoms with Crippen molar-refractivity contribution in [3.05, 3.63) is 0 Å². The fourth-order valence-electron chi connectivity index (χ4n) is 3.90. The molecule has 2 atom stereocenters. The molecule has 1 N–H and O–H groups in total. The van der Waals surface area contributed by atoms with E-state index >= 15 is 0 Å². The van der Waals surface area contributed by atoms with Crippen LogP contribution in [0, 0.1) is 5.92 Å². The first kappa shape index (κ1) is 16.6. The molecule has 1 heterocycles. The number of hydrogen-bond acceptors (Lipinski definition) is 2. The molecule has 0 aromatic rings. The van der Waals surface area contributed by atoms with Gasteiger partial charge in [0.1, 0.15) is 0 Å². The summed E-state index contributed by atoms with van der Waals surface area (Å²) >= 11 is 0. The van der Waals surface area contributed by atoms with E-state index in [1.807, 2.05) is 0 Å². The third-order valence-corrected chi connectivity index (χ3v) is 5.28. The van der Waals surface area contributed by atoms with E-state index in [1.165, 1.54) is 38.5 Å². The van der Waals surface area contributed by atoms with Crippen LogP contribution in [-0.2, 0) is 0 Å². The number of rotatable bonds is 4. The van der Waals surface area contributed by atoms with E-state index in [4.69, 9.17) is 4.99 Å². The van der Waals surface area contributed by atoms with Gasteiger partial charge in [0, 0.05) is 25.2 Å². The average molecular weight is 294 g/mol. The van der Waals surface area contributed by atoms with Crippen LogP contribution >= 0.6 is 0 Å². The van der Waals surface area contributed by atoms with Gasteiger partial charge in [-0.15, -0.1) is 0 Å². The normalized spacial score (nSPS) is 31.0. The van der Waals surface area contributed by atoms with Gasteiger partial charge in [-0.2, -0.15) is 0 Å². The molecule has 0 spiro atoms. The van der Waals surface area contributed by atoms with Gasteiger partial charge >= 0.3 is 0 Å². The Bertz CT molecular complexity index is 347. The second-order valence-corrected chi connectivity index (χ2v) is 7.18. The van der Waals surface area contributed by atoms with Crippen LogP contribution in [0.1, 0.15) is 52.4 Å². The molecule has 1 aliphatic heterocycles. The lowest BCUT2D eigenvalue weighted by atomic mass is 9.75. The van der Waals surface area contributed by atoms with Gasteiger partial charge in [-0.25, -0.2) is 0 Å². The highest BCUT2D eigenvalue weighted by atomic mass is 15.3. The maximum absolute atomic E-state index is 5.04. The third kappa shape index (κ3) is 4.12. The quantitative estimate of drug-likeness (QED) is 0.638. The first-order valence-electron chi connectivity index (χ1n) is 8.78. The maximum Gasteiger partial charge on any atom is 0.193 e. The predicted molar refractivity (Wildman–Crippen MR) is 90.8 cm³/mol. The monoisotopic (exact) mass is 294 g/mol. The summed E-state index contributed by atoms with van der Waals surface area (Å²) in [5.74, 6) is 1.96. The standard InChI is InChI=1S/C17H34N4/c1-5-18-16(21-11-6-7-12-21)19-14-17(20(3)4)10-8-9-15(2)13-17/h15H,5-14H2,1-4H3,(H,18,19). The Balaban J connectivity index is 2.08. The number of hydrogen-bond donors (Lipinski definition) is 1. The van der Waals surface area contributed by atoms with Crippen LogP contribution in [-0.4, -0.2) is 61.6 Å². The lowest BCUT2D eigenvalue weighted by Crippen LogP contribution is -2.51. The van der Waals surface area contributed by atoms with E-state index in [0.717, 1.165) is 38.1 Å². The van der Waals surface area contributed by atoms with Crippen molar-refractivity contribution in [1.82, 2.24) is 15.1 Å². The Kier molecular flexibility index (Phi) is 5.91. The van der Waals surface area contributed by atoms with E-state index in [1.54, 1.807) is 0 Å². The highest BCUT2D eigenvalue weighted by Gasteiger charge is 2.37. The smallest absolute Gasteiger partial charge is 0.193 e. The summed E-state index contributed by atoms with van der Waals surface area (Å²) in [6.45, 7) is 8.78. The first-order valence-corrected chi connectivity index (χ1v) is 8.78. The molecule has 4 nitrogen and oxygen atoms in total. The van der Waals surface area contributed by atoms with Gasteiger partial charge in [-0.1, -0.05) is 19.8 Å². The van der Waals surface area contributed by atoms with E-state index in [-0.39, 0.29) is 5.54 Å². The lowest BCUT2D eigenvalue weighted by Gasteiger charge is -2.44. The molecule has 2 fully saturated rings. The largest absolute Gasteiger partial charge is 0.357 e. The molecule has 1 aliphatic carbocycles. The second kappa shape index (κ2) is 7.48. The summed E-state index contributed by atoms with van der Waals surface area (Å²) in [6.07, 6.45) is 7.90. The zero-order chi connectivity index (χ0) is 15.3. The minimum absolute atomic E-state index is 0.262. The molecule has 0 aromatic carbocycles. The van der Waals surface area contributed by atoms with E-state index < -0.39 is 0 Å². The number of likely N-dealkylation sites (N-methyl/N-ethyl adjacent to an activating group) is 1. The Morgan fingerprint density at radius 2 is 2.00 bits per heavy atom. The number of nitrogens with zero attached hydrogens (tertiary/aromatic N) is 3. The molecule has 2 rings (SSSR count). The minimum atomic E-state index is 0.262. The number of guanidine groups is 1. The van der Waals surface area contributed by atoms with E-state index in [2.05, 4.69) is 43.1 Å². The van der Waals surface area contributed by atoms with Crippen LogP contribution < -0.4 is 5.32 Å². The fourth-order valence-corrected chi connectivity index (χ4v) is 3.90. The van der Waals surface area contributed by atoms with Crippen molar-refractivity contribution in [1.29, 1.82) is 0 Å². The van der Waals surface area contributed by atoms with Gasteiger partial charge in [0.2, 0.25) is 0 Å². The van der Waals surface area contributed by atoms with Gasteiger partial charge in [0.25, 0.3) is 0 Å². The van der Waals surface area contributed by atoms with Crippen molar-refractivity contribution in [2.24, 2.45) is 10.9 Å². The summed E-state index contributed by atoms with van der Waals surface area (Å²) in [7, 11) is 4.46. The van der Waals surface area contributed by atoms with Gasteiger partial charge < -0.3 is 15.1 Å². The van der Waals surface area contributed by atoms with Crippen molar-refractivity contribution < 1.29 is 0 Å². The topological polar surface area (TPSA) is 30.9 Å². The van der Waals surface area contributed by atoms with Crippen molar-refractivity contribution in [3.63, 3.8) is 0 Å². The molecule has 0 aromatic heterocycles. The van der Waals surface area contributed by atoms with Crippen molar-refractivity contribution in [3.8, 4) is 0 Å². The summed E-state index contributed by atoms with van der Waals surface area (Å²) in [5.41, 5.74) is 0.262. The summed E-state index contributed by atoms with van der Waals surface area (Å²) in [5, 5.41) is 3.49. The molecule has 2 aliphatic rings. The van der Waals surface area contributed by atoms with Gasteiger partial charge in [0.05, 0.1) is 6.54 Å². The Morgan fingerprint density at radius 3 is 2.57 bits per heavy atom. The molecule has 4 heteroatoms. The summed E-state index contributed by atoms with van der Waals surface area (Å²) < 4.78 is 0. The van der Waals surface area contributed by atoms with E-state index in [0.29, 0.717) is 0 Å². The zero-order valence-electron chi connectivity index (χ0n) is 14.5. The molecule has 1 saturated carbocycles. The third-order valence-electron chi connectivity index (χ3n) is 5.28. The average Bonchev–Trinajstić information content (AvgIpc) is 2.97. The van der Waals surface area contributed by atoms with Gasteiger partial charge in [0.15, 0.2) is 5.96 Å². The molecule has 0 bridgehead atoms. The Morgan fingerprint density at radius 1 is 1.29 bits per heavy atom. The molecule has 0 radical (unpaired) electrons. The Labute approximate surface area is 131 Å². The van der Waals surface area contributed by atoms with Gasteiger partial charge in [-0.05, 0) is 52.6 Å². The molecule has 2 unspecified atom stereocenters. The summed E-state index contributed by atoms with van der Waals surface area (Å²) in [6, 6.07) is 0. The van der Waals surface area contributed by atoms with Crippen molar-refractivity contribution in [2.45, 2.75) is 57.9 Å².